The second kappa shape index (κ2) is 6.59. The summed E-state index contributed by atoms with van der Waals surface area (Å²) < 4.78 is 13.5. The number of amides is 1. The molecule has 1 amide bonds. The number of carbonyl (C=O) groups is 1. The van der Waals surface area contributed by atoms with Crippen LogP contribution in [0.2, 0.25) is 0 Å². The molecule has 0 saturated heterocycles. The zero-order chi connectivity index (χ0) is 13.7. The molecule has 0 heterocycles. The van der Waals surface area contributed by atoms with Crippen LogP contribution in [0.1, 0.15) is 30.6 Å². The fraction of sp³-hybridized carbons (Fsp3) is 0.462. The Hall–Kier alpha value is -1.29. The van der Waals surface area contributed by atoms with E-state index in [0.717, 1.165) is 6.07 Å². The quantitative estimate of drug-likeness (QED) is 0.811. The monoisotopic (exact) mass is 273 g/mol. The predicted molar refractivity (Wildman–Crippen MR) is 69.5 cm³/mol. The largest absolute Gasteiger partial charge is 0.507 e. The molecule has 0 bridgehead atoms. The minimum atomic E-state index is -0.745. The molecule has 1 aromatic carbocycles. The Morgan fingerprint density at radius 2 is 2.17 bits per heavy atom. The molecule has 0 aliphatic carbocycles. The maximum Gasteiger partial charge on any atom is 0.258 e. The zero-order valence-electron chi connectivity index (χ0n) is 10.4. The molecule has 1 rings (SSSR count). The lowest BCUT2D eigenvalue weighted by atomic mass is 10.0. The van der Waals surface area contributed by atoms with Crippen molar-refractivity contribution < 1.29 is 14.3 Å². The first-order valence-corrected chi connectivity index (χ1v) is 6.33. The fourth-order valence-electron chi connectivity index (χ4n) is 1.72. The third kappa shape index (κ3) is 3.88. The first-order valence-electron chi connectivity index (χ1n) is 5.80. The molecule has 1 unspecified atom stereocenters. The van der Waals surface area contributed by atoms with E-state index in [0.29, 0.717) is 12.3 Å². The van der Waals surface area contributed by atoms with E-state index in [4.69, 9.17) is 11.6 Å². The highest BCUT2D eigenvalue weighted by Crippen LogP contribution is 2.20. The van der Waals surface area contributed by atoms with Crippen molar-refractivity contribution in [2.45, 2.75) is 26.3 Å². The van der Waals surface area contributed by atoms with E-state index in [-0.39, 0.29) is 23.2 Å². The second-order valence-corrected chi connectivity index (χ2v) is 4.90. The van der Waals surface area contributed by atoms with E-state index in [1.165, 1.54) is 12.1 Å². The lowest BCUT2D eigenvalue weighted by Crippen LogP contribution is -2.37. The fourth-order valence-corrected chi connectivity index (χ4v) is 1.93. The SMILES string of the molecule is CC(C)CC(CCl)NC(=O)c1c(O)cccc1F. The van der Waals surface area contributed by atoms with E-state index in [9.17, 15) is 14.3 Å². The van der Waals surface area contributed by atoms with Crippen molar-refractivity contribution in [1.29, 1.82) is 0 Å². The number of alkyl halides is 1. The Labute approximate surface area is 111 Å². The van der Waals surface area contributed by atoms with Crippen LogP contribution in [0.25, 0.3) is 0 Å². The van der Waals surface area contributed by atoms with Crippen molar-refractivity contribution in [1.82, 2.24) is 5.32 Å². The van der Waals surface area contributed by atoms with Crippen LogP contribution in [0.5, 0.6) is 5.75 Å². The summed E-state index contributed by atoms with van der Waals surface area (Å²) >= 11 is 5.75. The number of hydrogen-bond donors (Lipinski definition) is 2. The summed E-state index contributed by atoms with van der Waals surface area (Å²) in [5.74, 6) is -1.14. The lowest BCUT2D eigenvalue weighted by Gasteiger charge is -2.18. The van der Waals surface area contributed by atoms with Gasteiger partial charge in [0.25, 0.3) is 5.91 Å². The molecule has 1 aromatic rings. The predicted octanol–water partition coefficient (Wildman–Crippen LogP) is 2.91. The molecular weight excluding hydrogens is 257 g/mol. The topological polar surface area (TPSA) is 49.3 Å². The van der Waals surface area contributed by atoms with Gasteiger partial charge in [-0.3, -0.25) is 4.79 Å². The second-order valence-electron chi connectivity index (χ2n) is 4.59. The highest BCUT2D eigenvalue weighted by Gasteiger charge is 2.20. The molecule has 100 valence electrons. The van der Waals surface area contributed by atoms with Gasteiger partial charge in [0.1, 0.15) is 17.1 Å². The van der Waals surface area contributed by atoms with Crippen molar-refractivity contribution in [3.63, 3.8) is 0 Å². The van der Waals surface area contributed by atoms with E-state index < -0.39 is 11.7 Å². The van der Waals surface area contributed by atoms with Gasteiger partial charge in [-0.15, -0.1) is 11.6 Å². The van der Waals surface area contributed by atoms with Crippen molar-refractivity contribution in [3.8, 4) is 5.75 Å². The molecule has 0 aliphatic heterocycles. The molecule has 3 nitrogen and oxygen atoms in total. The van der Waals surface area contributed by atoms with E-state index >= 15 is 0 Å². The Morgan fingerprint density at radius 3 is 2.67 bits per heavy atom. The molecule has 0 saturated carbocycles. The first-order chi connectivity index (χ1) is 8.45. The highest BCUT2D eigenvalue weighted by atomic mass is 35.5. The molecule has 0 aliphatic rings. The molecule has 0 radical (unpaired) electrons. The number of carbonyl (C=O) groups excluding carboxylic acids is 1. The summed E-state index contributed by atoms with van der Waals surface area (Å²) in [6.45, 7) is 4.01. The zero-order valence-corrected chi connectivity index (χ0v) is 11.2. The molecule has 0 aromatic heterocycles. The summed E-state index contributed by atoms with van der Waals surface area (Å²) in [5.41, 5.74) is -0.337. The number of hydrogen-bond acceptors (Lipinski definition) is 2. The minimum absolute atomic E-state index is 0.238. The number of phenols is 1. The molecule has 18 heavy (non-hydrogen) atoms. The standard InChI is InChI=1S/C13H17ClFNO2/c1-8(2)6-9(7-14)16-13(18)12-10(15)4-3-5-11(12)17/h3-5,8-9,17H,6-7H2,1-2H3,(H,16,18). The average Bonchev–Trinajstić information content (AvgIpc) is 2.27. The smallest absolute Gasteiger partial charge is 0.258 e. The number of nitrogens with one attached hydrogen (secondary N) is 1. The summed E-state index contributed by atoms with van der Waals surface area (Å²) in [4.78, 5) is 11.9. The van der Waals surface area contributed by atoms with Gasteiger partial charge in [-0.25, -0.2) is 4.39 Å². The average molecular weight is 274 g/mol. The van der Waals surface area contributed by atoms with Gasteiger partial charge in [-0.05, 0) is 24.5 Å². The highest BCUT2D eigenvalue weighted by molar-refractivity contribution is 6.18. The van der Waals surface area contributed by atoms with Gasteiger partial charge in [0.2, 0.25) is 0 Å². The van der Waals surface area contributed by atoms with Gasteiger partial charge in [0.05, 0.1) is 0 Å². The third-order valence-electron chi connectivity index (χ3n) is 2.50. The Morgan fingerprint density at radius 1 is 1.50 bits per heavy atom. The van der Waals surface area contributed by atoms with E-state index in [2.05, 4.69) is 5.32 Å². The maximum absolute atomic E-state index is 13.5. The normalized spacial score (nSPS) is 12.5. The van der Waals surface area contributed by atoms with E-state index in [1.807, 2.05) is 13.8 Å². The number of halogens is 2. The van der Waals surface area contributed by atoms with Crippen molar-refractivity contribution in [3.05, 3.63) is 29.6 Å². The summed E-state index contributed by atoms with van der Waals surface area (Å²) in [5, 5.41) is 12.1. The Balaban J connectivity index is 2.81. The van der Waals surface area contributed by atoms with Crippen LogP contribution in [0.3, 0.4) is 0 Å². The Bertz CT molecular complexity index is 403. The van der Waals surface area contributed by atoms with Crippen molar-refractivity contribution >= 4 is 17.5 Å². The van der Waals surface area contributed by atoms with E-state index in [1.54, 1.807) is 0 Å². The van der Waals surface area contributed by atoms with Crippen molar-refractivity contribution in [2.75, 3.05) is 5.88 Å². The Kier molecular flexibility index (Phi) is 5.41. The number of rotatable bonds is 5. The number of aromatic hydroxyl groups is 1. The van der Waals surface area contributed by atoms with Gasteiger partial charge < -0.3 is 10.4 Å². The van der Waals surface area contributed by atoms with Crippen LogP contribution in [0.15, 0.2) is 18.2 Å². The lowest BCUT2D eigenvalue weighted by molar-refractivity contribution is 0.0929. The number of benzene rings is 1. The van der Waals surface area contributed by atoms with Gasteiger partial charge in [-0.2, -0.15) is 0 Å². The summed E-state index contributed by atoms with van der Waals surface area (Å²) in [6.07, 6.45) is 0.699. The minimum Gasteiger partial charge on any atom is -0.507 e. The maximum atomic E-state index is 13.5. The first kappa shape index (κ1) is 14.8. The van der Waals surface area contributed by atoms with Crippen LogP contribution in [-0.2, 0) is 0 Å². The van der Waals surface area contributed by atoms with Gasteiger partial charge in [0, 0.05) is 11.9 Å². The van der Waals surface area contributed by atoms with Gasteiger partial charge >= 0.3 is 0 Å². The van der Waals surface area contributed by atoms with Gasteiger partial charge in [-0.1, -0.05) is 19.9 Å². The molecule has 0 fully saturated rings. The van der Waals surface area contributed by atoms with Crippen LogP contribution < -0.4 is 5.32 Å². The summed E-state index contributed by atoms with van der Waals surface area (Å²) in [6, 6.07) is 3.51. The third-order valence-corrected chi connectivity index (χ3v) is 2.87. The molecule has 0 spiro atoms. The van der Waals surface area contributed by atoms with Crippen LogP contribution in [0.4, 0.5) is 4.39 Å². The van der Waals surface area contributed by atoms with Gasteiger partial charge in [0.15, 0.2) is 0 Å². The summed E-state index contributed by atoms with van der Waals surface area (Å²) in [7, 11) is 0. The molecular formula is C13H17ClFNO2. The van der Waals surface area contributed by atoms with Crippen LogP contribution in [-0.4, -0.2) is 22.9 Å². The molecule has 2 N–H and O–H groups in total. The molecule has 5 heteroatoms. The van der Waals surface area contributed by atoms with Crippen molar-refractivity contribution in [2.24, 2.45) is 5.92 Å². The van der Waals surface area contributed by atoms with Crippen LogP contribution in [0, 0.1) is 11.7 Å². The number of phenolic OH excluding ortho intramolecular Hbond substituents is 1. The van der Waals surface area contributed by atoms with Crippen LogP contribution >= 0.6 is 11.6 Å². The molecule has 1 atom stereocenters.